The number of fused-ring (bicyclic) bond motifs is 1. The number of ether oxygens (including phenoxy) is 2. The Morgan fingerprint density at radius 2 is 1.56 bits per heavy atom. The molecule has 0 spiro atoms. The minimum absolute atomic E-state index is 0.0918. The Morgan fingerprint density at radius 3 is 2.26 bits per heavy atom. The van der Waals surface area contributed by atoms with Crippen molar-refractivity contribution in [1.82, 2.24) is 20.0 Å². The number of nitrogens with zero attached hydrogens (tertiary/aromatic N) is 3. The van der Waals surface area contributed by atoms with Crippen molar-refractivity contribution in [3.63, 3.8) is 0 Å². The SMILES string of the molecule is CN1CCn2nc(NC(=O)[C@@H](NC(=O)OCc3ccccc3)c3ccc(OCc4ccccc4)cc3)cc2C1. The summed E-state index contributed by atoms with van der Waals surface area (Å²) in [5, 5.41) is 10.1. The Kier molecular flexibility index (Phi) is 8.18. The molecule has 1 atom stereocenters. The largest absolute Gasteiger partial charge is 0.489 e. The van der Waals surface area contributed by atoms with Crippen LogP contribution >= 0.6 is 0 Å². The smallest absolute Gasteiger partial charge is 0.408 e. The van der Waals surface area contributed by atoms with E-state index in [0.29, 0.717) is 23.7 Å². The van der Waals surface area contributed by atoms with Gasteiger partial charge in [0.15, 0.2) is 5.82 Å². The van der Waals surface area contributed by atoms with Gasteiger partial charge in [0.1, 0.15) is 25.0 Å². The summed E-state index contributed by atoms with van der Waals surface area (Å²) in [5.41, 5.74) is 3.50. The minimum atomic E-state index is -1.00. The zero-order valence-electron chi connectivity index (χ0n) is 21.7. The molecule has 4 aromatic rings. The molecule has 0 fully saturated rings. The molecule has 0 aliphatic carbocycles. The van der Waals surface area contributed by atoms with Crippen LogP contribution in [-0.2, 0) is 35.8 Å². The van der Waals surface area contributed by atoms with Crippen molar-refractivity contribution in [3.05, 3.63) is 113 Å². The first kappa shape index (κ1) is 26.0. The third kappa shape index (κ3) is 7.03. The Balaban J connectivity index is 1.28. The molecule has 1 aliphatic rings. The van der Waals surface area contributed by atoms with Crippen LogP contribution in [0.4, 0.5) is 10.6 Å². The second-order valence-corrected chi connectivity index (χ2v) is 9.45. The number of amides is 2. The zero-order valence-corrected chi connectivity index (χ0v) is 21.7. The third-order valence-electron chi connectivity index (χ3n) is 6.44. The Hall–Kier alpha value is -4.63. The number of benzene rings is 3. The van der Waals surface area contributed by atoms with Crippen LogP contribution in [0, 0.1) is 0 Å². The van der Waals surface area contributed by atoms with Crippen molar-refractivity contribution in [2.75, 3.05) is 18.9 Å². The molecule has 39 heavy (non-hydrogen) atoms. The van der Waals surface area contributed by atoms with E-state index in [9.17, 15) is 9.59 Å². The van der Waals surface area contributed by atoms with Crippen LogP contribution in [0.5, 0.6) is 5.75 Å². The fraction of sp³-hybridized carbons (Fsp3) is 0.233. The summed E-state index contributed by atoms with van der Waals surface area (Å²) in [6.07, 6.45) is -0.700. The van der Waals surface area contributed by atoms with Gasteiger partial charge >= 0.3 is 6.09 Å². The van der Waals surface area contributed by atoms with Crippen LogP contribution in [0.3, 0.4) is 0 Å². The monoisotopic (exact) mass is 525 g/mol. The van der Waals surface area contributed by atoms with E-state index in [0.717, 1.165) is 36.5 Å². The highest BCUT2D eigenvalue weighted by molar-refractivity contribution is 5.96. The van der Waals surface area contributed by atoms with E-state index in [1.165, 1.54) is 0 Å². The molecule has 0 radical (unpaired) electrons. The van der Waals surface area contributed by atoms with E-state index in [1.54, 1.807) is 24.3 Å². The highest BCUT2D eigenvalue weighted by Crippen LogP contribution is 2.22. The van der Waals surface area contributed by atoms with Crippen LogP contribution in [-0.4, -0.2) is 40.3 Å². The van der Waals surface area contributed by atoms with Gasteiger partial charge in [-0.3, -0.25) is 14.4 Å². The van der Waals surface area contributed by atoms with E-state index >= 15 is 0 Å². The average Bonchev–Trinajstić information content (AvgIpc) is 3.36. The molecule has 9 heteroatoms. The topological polar surface area (TPSA) is 97.7 Å². The van der Waals surface area contributed by atoms with E-state index in [2.05, 4.69) is 20.6 Å². The predicted octanol–water partition coefficient (Wildman–Crippen LogP) is 4.51. The fourth-order valence-corrected chi connectivity index (χ4v) is 4.34. The molecule has 2 amide bonds. The number of carbonyl (C=O) groups is 2. The molecule has 3 aromatic carbocycles. The van der Waals surface area contributed by atoms with Gasteiger partial charge in [0.05, 0.1) is 12.2 Å². The van der Waals surface area contributed by atoms with Gasteiger partial charge in [-0.25, -0.2) is 4.79 Å². The van der Waals surface area contributed by atoms with Crippen molar-refractivity contribution < 1.29 is 19.1 Å². The lowest BCUT2D eigenvalue weighted by molar-refractivity contribution is -0.118. The van der Waals surface area contributed by atoms with E-state index in [-0.39, 0.29) is 6.61 Å². The maximum Gasteiger partial charge on any atom is 0.408 e. The van der Waals surface area contributed by atoms with Crippen molar-refractivity contribution in [2.45, 2.75) is 32.3 Å². The molecule has 1 aliphatic heterocycles. The number of hydrogen-bond acceptors (Lipinski definition) is 6. The number of anilines is 1. The number of aromatic nitrogens is 2. The standard InChI is InChI=1S/C30H31N5O4/c1-34-16-17-35-25(19-34)18-27(33-35)31-29(36)28(32-30(37)39-21-23-10-6-3-7-11-23)24-12-14-26(15-13-24)38-20-22-8-4-2-5-9-22/h2-15,18,28H,16-17,19-21H2,1H3,(H,32,37)(H,31,33,36)/t28-/m0/s1. The summed E-state index contributed by atoms with van der Waals surface area (Å²) in [7, 11) is 2.04. The van der Waals surface area contributed by atoms with Gasteiger partial charge in [-0.15, -0.1) is 0 Å². The van der Waals surface area contributed by atoms with Gasteiger partial charge in [-0.2, -0.15) is 5.10 Å². The second kappa shape index (κ2) is 12.3. The highest BCUT2D eigenvalue weighted by Gasteiger charge is 2.25. The predicted molar refractivity (Wildman–Crippen MR) is 147 cm³/mol. The molecule has 200 valence electrons. The lowest BCUT2D eigenvalue weighted by atomic mass is 10.1. The molecule has 0 saturated carbocycles. The molecule has 0 unspecified atom stereocenters. The van der Waals surface area contributed by atoms with Gasteiger partial charge in [0.25, 0.3) is 5.91 Å². The molecular formula is C30H31N5O4. The minimum Gasteiger partial charge on any atom is -0.489 e. The molecule has 1 aromatic heterocycles. The Morgan fingerprint density at radius 1 is 0.897 bits per heavy atom. The maximum absolute atomic E-state index is 13.4. The maximum atomic E-state index is 13.4. The summed E-state index contributed by atoms with van der Waals surface area (Å²) in [5.74, 6) is 0.672. The van der Waals surface area contributed by atoms with Gasteiger partial charge in [-0.05, 0) is 35.9 Å². The normalized spacial score (nSPS) is 13.7. The van der Waals surface area contributed by atoms with Crippen LogP contribution in [0.2, 0.25) is 0 Å². The van der Waals surface area contributed by atoms with Crippen molar-refractivity contribution in [3.8, 4) is 5.75 Å². The van der Waals surface area contributed by atoms with E-state index < -0.39 is 18.0 Å². The number of nitrogens with one attached hydrogen (secondary N) is 2. The number of likely N-dealkylation sites (N-methyl/N-ethyl adjacent to an activating group) is 1. The van der Waals surface area contributed by atoms with Crippen molar-refractivity contribution in [2.24, 2.45) is 0 Å². The number of hydrogen-bond donors (Lipinski definition) is 2. The first-order chi connectivity index (χ1) is 19.0. The van der Waals surface area contributed by atoms with Crippen LogP contribution in [0.25, 0.3) is 0 Å². The van der Waals surface area contributed by atoms with Crippen LogP contribution < -0.4 is 15.4 Å². The summed E-state index contributed by atoms with van der Waals surface area (Å²) >= 11 is 0. The molecule has 2 heterocycles. The summed E-state index contributed by atoms with van der Waals surface area (Å²) < 4.78 is 13.2. The van der Waals surface area contributed by atoms with E-state index in [4.69, 9.17) is 9.47 Å². The lowest BCUT2D eigenvalue weighted by Gasteiger charge is -2.22. The van der Waals surface area contributed by atoms with Crippen molar-refractivity contribution >= 4 is 17.8 Å². The van der Waals surface area contributed by atoms with E-state index in [1.807, 2.05) is 78.5 Å². The fourth-order valence-electron chi connectivity index (χ4n) is 4.34. The lowest BCUT2D eigenvalue weighted by Crippen LogP contribution is -2.37. The second-order valence-electron chi connectivity index (χ2n) is 9.45. The van der Waals surface area contributed by atoms with Gasteiger partial charge < -0.3 is 20.1 Å². The molecule has 0 bridgehead atoms. The highest BCUT2D eigenvalue weighted by atomic mass is 16.5. The molecular weight excluding hydrogens is 494 g/mol. The number of carbonyl (C=O) groups excluding carboxylic acids is 2. The average molecular weight is 526 g/mol. The van der Waals surface area contributed by atoms with Gasteiger partial charge in [-0.1, -0.05) is 72.8 Å². The Bertz CT molecular complexity index is 1390. The summed E-state index contributed by atoms with van der Waals surface area (Å²) in [6.45, 7) is 2.90. The van der Waals surface area contributed by atoms with Gasteiger partial charge in [0.2, 0.25) is 0 Å². The number of alkyl carbamates (subject to hydrolysis) is 1. The van der Waals surface area contributed by atoms with Gasteiger partial charge in [0, 0.05) is 19.2 Å². The van der Waals surface area contributed by atoms with Crippen molar-refractivity contribution in [1.29, 1.82) is 0 Å². The Labute approximate surface area is 227 Å². The molecule has 9 nitrogen and oxygen atoms in total. The molecule has 5 rings (SSSR count). The zero-order chi connectivity index (χ0) is 27.0. The summed E-state index contributed by atoms with van der Waals surface area (Å²) in [6, 6.07) is 27.2. The first-order valence-corrected chi connectivity index (χ1v) is 12.8. The van der Waals surface area contributed by atoms with Crippen LogP contribution in [0.1, 0.15) is 28.4 Å². The molecule has 2 N–H and O–H groups in total. The van der Waals surface area contributed by atoms with Crippen LogP contribution in [0.15, 0.2) is 91.0 Å². The third-order valence-corrected chi connectivity index (χ3v) is 6.44. The quantitative estimate of drug-likeness (QED) is 0.334. The first-order valence-electron chi connectivity index (χ1n) is 12.8. The summed E-state index contributed by atoms with van der Waals surface area (Å²) in [4.78, 5) is 28.3. The molecule has 0 saturated heterocycles. The number of rotatable bonds is 9.